The van der Waals surface area contributed by atoms with Crippen LogP contribution in [0.4, 0.5) is 15.8 Å². The molecule has 0 saturated carbocycles. The molecule has 1 aliphatic rings. The molecule has 0 aliphatic carbocycles. The van der Waals surface area contributed by atoms with Crippen molar-refractivity contribution in [3.8, 4) is 0 Å². The molecule has 0 amide bonds. The summed E-state index contributed by atoms with van der Waals surface area (Å²) < 4.78 is 13.1. The van der Waals surface area contributed by atoms with Gasteiger partial charge >= 0.3 is 0 Å². The molecule has 1 saturated heterocycles. The summed E-state index contributed by atoms with van der Waals surface area (Å²) in [5, 5.41) is 20.6. The van der Waals surface area contributed by atoms with Crippen LogP contribution in [-0.2, 0) is 0 Å². The van der Waals surface area contributed by atoms with Gasteiger partial charge in [0.2, 0.25) is 0 Å². The van der Waals surface area contributed by atoms with Crippen LogP contribution in [0.15, 0.2) is 18.2 Å². The van der Waals surface area contributed by atoms with E-state index in [-0.39, 0.29) is 11.6 Å². The van der Waals surface area contributed by atoms with Crippen molar-refractivity contribution in [2.24, 2.45) is 5.92 Å². The first-order chi connectivity index (χ1) is 8.99. The van der Waals surface area contributed by atoms with Crippen molar-refractivity contribution >= 4 is 11.4 Å². The van der Waals surface area contributed by atoms with Crippen molar-refractivity contribution in [1.29, 1.82) is 0 Å². The van der Waals surface area contributed by atoms with Gasteiger partial charge in [0.15, 0.2) is 0 Å². The van der Waals surface area contributed by atoms with Gasteiger partial charge in [-0.15, -0.1) is 0 Å². The first kappa shape index (κ1) is 13.7. The minimum Gasteiger partial charge on any atom is -0.393 e. The zero-order chi connectivity index (χ0) is 14.0. The van der Waals surface area contributed by atoms with Crippen LogP contribution in [0, 0.1) is 21.8 Å². The largest absolute Gasteiger partial charge is 0.393 e. The van der Waals surface area contributed by atoms with Crippen molar-refractivity contribution in [3.05, 3.63) is 34.1 Å². The molecule has 1 heterocycles. The molecule has 1 N–H and O–H groups in total. The van der Waals surface area contributed by atoms with Gasteiger partial charge in [-0.05, 0) is 31.9 Å². The second kappa shape index (κ2) is 5.52. The highest BCUT2D eigenvalue weighted by Gasteiger charge is 2.27. The predicted octanol–water partition coefficient (Wildman–Crippen LogP) is 2.33. The molecule has 0 bridgehead atoms. The third-order valence-corrected chi connectivity index (χ3v) is 3.61. The summed E-state index contributed by atoms with van der Waals surface area (Å²) in [4.78, 5) is 12.3. The molecular weight excluding hydrogens is 251 g/mol. The first-order valence-electron chi connectivity index (χ1n) is 6.36. The molecule has 0 radical (unpaired) electrons. The molecule has 1 aromatic rings. The Balaban J connectivity index is 2.28. The lowest BCUT2D eigenvalue weighted by Gasteiger charge is -2.35. The molecular formula is C13H17FN2O3. The Morgan fingerprint density at radius 3 is 2.95 bits per heavy atom. The number of hydrogen-bond acceptors (Lipinski definition) is 4. The highest BCUT2D eigenvalue weighted by molar-refractivity contribution is 5.63. The van der Waals surface area contributed by atoms with E-state index in [0.29, 0.717) is 18.8 Å². The van der Waals surface area contributed by atoms with Crippen LogP contribution in [0.5, 0.6) is 0 Å². The Bertz CT molecular complexity index is 479. The maximum atomic E-state index is 13.1. The van der Waals surface area contributed by atoms with Crippen LogP contribution in [-0.4, -0.2) is 29.2 Å². The number of benzene rings is 1. The van der Waals surface area contributed by atoms with Gasteiger partial charge in [-0.1, -0.05) is 0 Å². The Morgan fingerprint density at radius 1 is 1.58 bits per heavy atom. The zero-order valence-corrected chi connectivity index (χ0v) is 10.8. The summed E-state index contributed by atoms with van der Waals surface area (Å²) in [6.07, 6.45) is 1.33. The predicted molar refractivity (Wildman–Crippen MR) is 69.7 cm³/mol. The van der Waals surface area contributed by atoms with Gasteiger partial charge in [0.1, 0.15) is 11.5 Å². The van der Waals surface area contributed by atoms with E-state index in [0.717, 1.165) is 18.9 Å². The third kappa shape index (κ3) is 3.01. The lowest BCUT2D eigenvalue weighted by molar-refractivity contribution is -0.384. The van der Waals surface area contributed by atoms with E-state index < -0.39 is 16.8 Å². The number of hydrogen-bond donors (Lipinski definition) is 1. The number of aliphatic hydroxyl groups excluding tert-OH is 1. The van der Waals surface area contributed by atoms with Crippen LogP contribution in [0.2, 0.25) is 0 Å². The van der Waals surface area contributed by atoms with Gasteiger partial charge in [-0.3, -0.25) is 10.1 Å². The molecule has 0 aromatic heterocycles. The van der Waals surface area contributed by atoms with Gasteiger partial charge < -0.3 is 10.0 Å². The average Bonchev–Trinajstić information content (AvgIpc) is 2.38. The summed E-state index contributed by atoms with van der Waals surface area (Å²) in [6.45, 7) is 2.98. The van der Waals surface area contributed by atoms with Gasteiger partial charge in [0.25, 0.3) is 5.69 Å². The quantitative estimate of drug-likeness (QED) is 0.675. The van der Waals surface area contributed by atoms with E-state index in [4.69, 9.17) is 0 Å². The van der Waals surface area contributed by atoms with Gasteiger partial charge in [0.05, 0.1) is 17.1 Å². The summed E-state index contributed by atoms with van der Waals surface area (Å²) in [5.74, 6) is -0.516. The molecule has 5 nitrogen and oxygen atoms in total. The topological polar surface area (TPSA) is 66.6 Å². The van der Waals surface area contributed by atoms with Crippen molar-refractivity contribution in [3.63, 3.8) is 0 Å². The van der Waals surface area contributed by atoms with Crippen LogP contribution >= 0.6 is 0 Å². The SMILES string of the molecule is CC(O)C1CCCN(c2ccc(F)cc2[N+](=O)[O-])C1. The maximum Gasteiger partial charge on any atom is 0.295 e. The zero-order valence-electron chi connectivity index (χ0n) is 10.8. The Kier molecular flexibility index (Phi) is 3.99. The first-order valence-corrected chi connectivity index (χ1v) is 6.36. The number of nitrogens with zero attached hydrogens (tertiary/aromatic N) is 2. The fraction of sp³-hybridized carbons (Fsp3) is 0.538. The fourth-order valence-electron chi connectivity index (χ4n) is 2.53. The molecule has 0 spiro atoms. The summed E-state index contributed by atoms with van der Waals surface area (Å²) in [5.41, 5.74) is 0.211. The summed E-state index contributed by atoms with van der Waals surface area (Å²) in [7, 11) is 0. The number of anilines is 1. The number of nitro groups is 1. The third-order valence-electron chi connectivity index (χ3n) is 3.61. The minimum absolute atomic E-state index is 0.0957. The van der Waals surface area contributed by atoms with Crippen molar-refractivity contribution in [2.75, 3.05) is 18.0 Å². The van der Waals surface area contributed by atoms with E-state index in [9.17, 15) is 19.6 Å². The van der Waals surface area contributed by atoms with Gasteiger partial charge in [0, 0.05) is 19.0 Å². The van der Waals surface area contributed by atoms with Crippen LogP contribution in [0.25, 0.3) is 0 Å². The fourth-order valence-corrected chi connectivity index (χ4v) is 2.53. The van der Waals surface area contributed by atoms with E-state index >= 15 is 0 Å². The average molecular weight is 268 g/mol. The molecule has 2 rings (SSSR count). The number of piperidine rings is 1. The molecule has 1 aliphatic heterocycles. The molecule has 2 atom stereocenters. The Labute approximate surface area is 110 Å². The van der Waals surface area contributed by atoms with Crippen LogP contribution in [0.3, 0.4) is 0 Å². The van der Waals surface area contributed by atoms with E-state index in [1.165, 1.54) is 12.1 Å². The molecule has 19 heavy (non-hydrogen) atoms. The Hall–Kier alpha value is -1.69. The number of rotatable bonds is 3. The van der Waals surface area contributed by atoms with Crippen LogP contribution < -0.4 is 4.90 Å². The number of halogens is 1. The monoisotopic (exact) mass is 268 g/mol. The van der Waals surface area contributed by atoms with E-state index in [1.807, 2.05) is 4.90 Å². The second-order valence-electron chi connectivity index (χ2n) is 4.98. The van der Waals surface area contributed by atoms with Crippen LogP contribution in [0.1, 0.15) is 19.8 Å². The summed E-state index contributed by atoms with van der Waals surface area (Å²) in [6, 6.07) is 3.62. The standard InChI is InChI=1S/C13H17FN2O3/c1-9(17)10-3-2-6-15(8-10)12-5-4-11(14)7-13(12)16(18)19/h4-5,7,9-10,17H,2-3,6,8H2,1H3. The number of aliphatic hydroxyl groups is 1. The molecule has 2 unspecified atom stereocenters. The lowest BCUT2D eigenvalue weighted by Crippen LogP contribution is -2.39. The van der Waals surface area contributed by atoms with E-state index in [2.05, 4.69) is 0 Å². The number of nitro benzene ring substituents is 1. The maximum absolute atomic E-state index is 13.1. The van der Waals surface area contributed by atoms with Crippen molar-refractivity contribution in [1.82, 2.24) is 0 Å². The molecule has 6 heteroatoms. The molecule has 1 aromatic carbocycles. The highest BCUT2D eigenvalue weighted by atomic mass is 19.1. The minimum atomic E-state index is -0.612. The van der Waals surface area contributed by atoms with Crippen molar-refractivity contribution < 1.29 is 14.4 Å². The smallest absolute Gasteiger partial charge is 0.295 e. The Morgan fingerprint density at radius 2 is 2.32 bits per heavy atom. The highest BCUT2D eigenvalue weighted by Crippen LogP contribution is 2.32. The second-order valence-corrected chi connectivity index (χ2v) is 4.98. The normalized spacial score (nSPS) is 21.2. The van der Waals surface area contributed by atoms with Gasteiger partial charge in [-0.25, -0.2) is 4.39 Å². The van der Waals surface area contributed by atoms with E-state index in [1.54, 1.807) is 6.92 Å². The van der Waals surface area contributed by atoms with Gasteiger partial charge in [-0.2, -0.15) is 0 Å². The molecule has 104 valence electrons. The van der Waals surface area contributed by atoms with Crippen molar-refractivity contribution in [2.45, 2.75) is 25.9 Å². The summed E-state index contributed by atoms with van der Waals surface area (Å²) >= 11 is 0. The lowest BCUT2D eigenvalue weighted by atomic mass is 9.93. The molecule has 1 fully saturated rings.